The van der Waals surface area contributed by atoms with Crippen LogP contribution in [0.2, 0.25) is 5.02 Å². The molecule has 2 aromatic heterocycles. The molecule has 0 aliphatic rings. The molecule has 0 unspecified atom stereocenters. The molecule has 142 valence electrons. The van der Waals surface area contributed by atoms with Crippen LogP contribution in [0.15, 0.2) is 33.9 Å². The molecule has 1 aromatic carbocycles. The van der Waals surface area contributed by atoms with Crippen molar-refractivity contribution in [3.8, 4) is 0 Å². The standard InChI is InChI=1S/C20H23ClN4O2/c1-4-12-24-18-17(19(26)25(13-5-2)20(24)27)23(3)16(22-18)11-10-14-8-6-7-9-15(14)21/h6-11H,4-5,12-13H2,1-3H3/b11-10+. The Bertz CT molecular complexity index is 1120. The van der Waals surface area contributed by atoms with Crippen molar-refractivity contribution < 1.29 is 0 Å². The Hall–Kier alpha value is -2.60. The van der Waals surface area contributed by atoms with Gasteiger partial charge >= 0.3 is 5.69 Å². The number of rotatable bonds is 6. The van der Waals surface area contributed by atoms with Gasteiger partial charge in [-0.15, -0.1) is 0 Å². The molecule has 0 aliphatic heterocycles. The lowest BCUT2D eigenvalue weighted by atomic mass is 10.2. The molecule has 3 rings (SSSR count). The van der Waals surface area contributed by atoms with Crippen LogP contribution < -0.4 is 11.2 Å². The van der Waals surface area contributed by atoms with Gasteiger partial charge in [-0.05, 0) is 36.6 Å². The summed E-state index contributed by atoms with van der Waals surface area (Å²) >= 11 is 6.20. The molecule has 0 saturated heterocycles. The Morgan fingerprint density at radius 3 is 2.37 bits per heavy atom. The third-order valence-electron chi connectivity index (χ3n) is 4.49. The molecule has 0 atom stereocenters. The van der Waals surface area contributed by atoms with Crippen LogP contribution >= 0.6 is 11.6 Å². The van der Waals surface area contributed by atoms with Gasteiger partial charge in [0.2, 0.25) is 0 Å². The molecule has 0 bridgehead atoms. The number of nitrogens with zero attached hydrogens (tertiary/aromatic N) is 4. The Morgan fingerprint density at radius 1 is 1.04 bits per heavy atom. The van der Waals surface area contributed by atoms with E-state index in [9.17, 15) is 9.59 Å². The minimum atomic E-state index is -0.295. The van der Waals surface area contributed by atoms with Gasteiger partial charge in [0.1, 0.15) is 5.82 Å². The van der Waals surface area contributed by atoms with Crippen LogP contribution in [0.25, 0.3) is 23.3 Å². The van der Waals surface area contributed by atoms with E-state index >= 15 is 0 Å². The summed E-state index contributed by atoms with van der Waals surface area (Å²) in [5.74, 6) is 0.598. The average Bonchev–Trinajstić information content (AvgIpc) is 2.98. The first-order valence-corrected chi connectivity index (χ1v) is 9.50. The first-order valence-electron chi connectivity index (χ1n) is 9.12. The minimum absolute atomic E-state index is 0.295. The van der Waals surface area contributed by atoms with Crippen LogP contribution in [0, 0.1) is 0 Å². The van der Waals surface area contributed by atoms with Gasteiger partial charge in [0.15, 0.2) is 11.2 Å². The highest BCUT2D eigenvalue weighted by molar-refractivity contribution is 6.32. The maximum atomic E-state index is 12.9. The van der Waals surface area contributed by atoms with Crippen molar-refractivity contribution in [2.45, 2.75) is 39.8 Å². The van der Waals surface area contributed by atoms with Crippen LogP contribution in [-0.4, -0.2) is 18.7 Å². The largest absolute Gasteiger partial charge is 0.332 e. The second kappa shape index (κ2) is 7.96. The summed E-state index contributed by atoms with van der Waals surface area (Å²) in [4.78, 5) is 30.3. The predicted molar refractivity (Wildman–Crippen MR) is 110 cm³/mol. The summed E-state index contributed by atoms with van der Waals surface area (Å²) in [6.07, 6.45) is 5.16. The van der Waals surface area contributed by atoms with E-state index in [0.717, 1.165) is 12.0 Å². The van der Waals surface area contributed by atoms with Crippen molar-refractivity contribution in [1.29, 1.82) is 0 Å². The van der Waals surface area contributed by atoms with E-state index in [1.54, 1.807) is 16.2 Å². The van der Waals surface area contributed by atoms with Crippen LogP contribution in [0.1, 0.15) is 38.1 Å². The van der Waals surface area contributed by atoms with Crippen LogP contribution in [0.3, 0.4) is 0 Å². The Labute approximate surface area is 162 Å². The van der Waals surface area contributed by atoms with E-state index < -0.39 is 0 Å². The average molecular weight is 387 g/mol. The minimum Gasteiger partial charge on any atom is -0.322 e. The van der Waals surface area contributed by atoms with Crippen molar-refractivity contribution >= 4 is 34.9 Å². The van der Waals surface area contributed by atoms with E-state index in [1.807, 2.05) is 50.3 Å². The van der Waals surface area contributed by atoms with Gasteiger partial charge in [0.25, 0.3) is 5.56 Å². The highest BCUT2D eigenvalue weighted by Crippen LogP contribution is 2.19. The summed E-state index contributed by atoms with van der Waals surface area (Å²) in [5.41, 5.74) is 1.14. The summed E-state index contributed by atoms with van der Waals surface area (Å²) in [6.45, 7) is 4.85. The van der Waals surface area contributed by atoms with Gasteiger partial charge in [-0.25, -0.2) is 9.78 Å². The van der Waals surface area contributed by atoms with Gasteiger partial charge < -0.3 is 4.57 Å². The van der Waals surface area contributed by atoms with E-state index in [-0.39, 0.29) is 11.2 Å². The molecular weight excluding hydrogens is 364 g/mol. The molecular formula is C20H23ClN4O2. The van der Waals surface area contributed by atoms with Crippen molar-refractivity contribution in [1.82, 2.24) is 18.7 Å². The topological polar surface area (TPSA) is 61.8 Å². The molecule has 3 aromatic rings. The lowest BCUT2D eigenvalue weighted by Crippen LogP contribution is -2.40. The molecule has 0 fully saturated rings. The van der Waals surface area contributed by atoms with E-state index in [0.29, 0.717) is 41.5 Å². The zero-order chi connectivity index (χ0) is 19.6. The zero-order valence-corrected chi connectivity index (χ0v) is 16.5. The number of benzene rings is 1. The van der Waals surface area contributed by atoms with Crippen molar-refractivity contribution in [2.24, 2.45) is 7.05 Å². The predicted octanol–water partition coefficient (Wildman–Crippen LogP) is 3.54. The van der Waals surface area contributed by atoms with Gasteiger partial charge in [0.05, 0.1) is 0 Å². The van der Waals surface area contributed by atoms with Gasteiger partial charge in [-0.3, -0.25) is 13.9 Å². The number of fused-ring (bicyclic) bond motifs is 1. The second-order valence-corrected chi connectivity index (χ2v) is 6.85. The quantitative estimate of drug-likeness (QED) is 0.651. The summed E-state index contributed by atoms with van der Waals surface area (Å²) in [6, 6.07) is 7.50. The molecule has 0 spiro atoms. The first kappa shape index (κ1) is 19.2. The maximum Gasteiger partial charge on any atom is 0.332 e. The van der Waals surface area contributed by atoms with Crippen LogP contribution in [0.5, 0.6) is 0 Å². The van der Waals surface area contributed by atoms with Gasteiger partial charge in [0, 0.05) is 25.2 Å². The molecule has 2 heterocycles. The second-order valence-electron chi connectivity index (χ2n) is 6.45. The third-order valence-corrected chi connectivity index (χ3v) is 4.83. The lowest BCUT2D eigenvalue weighted by molar-refractivity contribution is 0.554. The zero-order valence-electron chi connectivity index (χ0n) is 15.8. The normalized spacial score (nSPS) is 11.7. The van der Waals surface area contributed by atoms with Crippen LogP contribution in [0.4, 0.5) is 0 Å². The van der Waals surface area contributed by atoms with Crippen LogP contribution in [-0.2, 0) is 20.1 Å². The van der Waals surface area contributed by atoms with E-state index in [2.05, 4.69) is 4.98 Å². The first-order chi connectivity index (χ1) is 13.0. The molecule has 0 saturated carbocycles. The maximum absolute atomic E-state index is 12.9. The Kier molecular flexibility index (Phi) is 5.65. The third kappa shape index (κ3) is 3.49. The number of hydrogen-bond acceptors (Lipinski definition) is 3. The smallest absolute Gasteiger partial charge is 0.322 e. The molecule has 27 heavy (non-hydrogen) atoms. The number of aromatic nitrogens is 4. The SMILES string of the molecule is CCCn1c(=O)c2c(nc(/C=C/c3ccccc3Cl)n2C)n(CCC)c1=O. The molecule has 0 N–H and O–H groups in total. The number of imidazole rings is 1. The highest BCUT2D eigenvalue weighted by Gasteiger charge is 2.18. The monoisotopic (exact) mass is 386 g/mol. The van der Waals surface area contributed by atoms with E-state index in [1.165, 1.54) is 4.57 Å². The fourth-order valence-electron chi connectivity index (χ4n) is 3.15. The van der Waals surface area contributed by atoms with Crippen molar-refractivity contribution in [3.05, 3.63) is 61.5 Å². The molecule has 7 heteroatoms. The molecule has 0 radical (unpaired) electrons. The Balaban J connectivity index is 2.23. The number of aryl methyl sites for hydroxylation is 2. The van der Waals surface area contributed by atoms with Crippen molar-refractivity contribution in [2.75, 3.05) is 0 Å². The number of hydrogen-bond donors (Lipinski definition) is 0. The highest BCUT2D eigenvalue weighted by atomic mass is 35.5. The van der Waals surface area contributed by atoms with Gasteiger partial charge in [-0.1, -0.05) is 43.6 Å². The fourth-order valence-corrected chi connectivity index (χ4v) is 3.35. The lowest BCUT2D eigenvalue weighted by Gasteiger charge is -2.10. The molecule has 0 amide bonds. The van der Waals surface area contributed by atoms with E-state index in [4.69, 9.17) is 11.6 Å². The van der Waals surface area contributed by atoms with Gasteiger partial charge in [-0.2, -0.15) is 0 Å². The number of halogens is 1. The summed E-state index contributed by atoms with van der Waals surface area (Å²) in [5, 5.41) is 0.640. The molecule has 6 nitrogen and oxygen atoms in total. The summed E-state index contributed by atoms with van der Waals surface area (Å²) < 4.78 is 4.64. The summed E-state index contributed by atoms with van der Waals surface area (Å²) in [7, 11) is 1.79. The molecule has 0 aliphatic carbocycles. The Morgan fingerprint density at radius 2 is 1.70 bits per heavy atom. The van der Waals surface area contributed by atoms with Crippen molar-refractivity contribution in [3.63, 3.8) is 0 Å². The fraction of sp³-hybridized carbons (Fsp3) is 0.350.